The molecule has 29 heavy (non-hydrogen) atoms. The Labute approximate surface area is 168 Å². The highest BCUT2D eigenvalue weighted by Gasteiger charge is 2.12. The molecule has 3 rings (SSSR count). The molecule has 0 radical (unpaired) electrons. The summed E-state index contributed by atoms with van der Waals surface area (Å²) in [4.78, 5) is 32.1. The standard InChI is InChI=1S/C21H21N5O3/c1-13-4-9-19(29-3)18(12-13)25-20(28)17-10-11-22-21(26-17)24-16-7-5-15(6-8-16)23-14(2)27/h4-12H,1-3H3,(H,23,27)(H,25,28)(H,22,24,26). The molecule has 0 saturated heterocycles. The lowest BCUT2D eigenvalue weighted by molar-refractivity contribution is -0.114. The van der Waals surface area contributed by atoms with Crippen molar-refractivity contribution in [2.45, 2.75) is 13.8 Å². The Morgan fingerprint density at radius 1 is 0.966 bits per heavy atom. The molecule has 0 saturated carbocycles. The minimum absolute atomic E-state index is 0.141. The molecular formula is C21H21N5O3. The van der Waals surface area contributed by atoms with E-state index in [1.165, 1.54) is 19.2 Å². The third kappa shape index (κ3) is 5.29. The lowest BCUT2D eigenvalue weighted by atomic mass is 10.2. The largest absolute Gasteiger partial charge is 0.495 e. The quantitative estimate of drug-likeness (QED) is 0.591. The first kappa shape index (κ1) is 19.8. The number of nitrogens with zero attached hydrogens (tertiary/aromatic N) is 2. The van der Waals surface area contributed by atoms with Crippen LogP contribution >= 0.6 is 0 Å². The molecule has 0 fully saturated rings. The zero-order valence-electron chi connectivity index (χ0n) is 16.3. The van der Waals surface area contributed by atoms with E-state index < -0.39 is 0 Å². The number of carbonyl (C=O) groups excluding carboxylic acids is 2. The second kappa shape index (κ2) is 8.83. The van der Waals surface area contributed by atoms with Gasteiger partial charge in [0.15, 0.2) is 0 Å². The number of amides is 2. The first-order valence-corrected chi connectivity index (χ1v) is 8.88. The maximum atomic E-state index is 12.6. The minimum atomic E-state index is -0.375. The van der Waals surface area contributed by atoms with Crippen LogP contribution in [0.2, 0.25) is 0 Å². The average Bonchev–Trinajstić information content (AvgIpc) is 2.69. The predicted molar refractivity (Wildman–Crippen MR) is 112 cm³/mol. The first-order valence-electron chi connectivity index (χ1n) is 8.88. The topological polar surface area (TPSA) is 105 Å². The summed E-state index contributed by atoms with van der Waals surface area (Å²) in [6.07, 6.45) is 1.50. The molecule has 8 heteroatoms. The smallest absolute Gasteiger partial charge is 0.274 e. The van der Waals surface area contributed by atoms with Gasteiger partial charge in [0.05, 0.1) is 12.8 Å². The third-order valence-corrected chi connectivity index (χ3v) is 3.95. The van der Waals surface area contributed by atoms with Crippen molar-refractivity contribution in [2.75, 3.05) is 23.1 Å². The van der Waals surface area contributed by atoms with Crippen molar-refractivity contribution >= 4 is 34.8 Å². The molecule has 0 unspecified atom stereocenters. The average molecular weight is 391 g/mol. The zero-order valence-corrected chi connectivity index (χ0v) is 16.3. The number of carbonyl (C=O) groups is 2. The van der Waals surface area contributed by atoms with E-state index in [1.54, 1.807) is 37.4 Å². The Balaban J connectivity index is 1.73. The molecule has 148 valence electrons. The summed E-state index contributed by atoms with van der Waals surface area (Å²) in [5, 5.41) is 8.54. The Bertz CT molecular complexity index is 1030. The highest BCUT2D eigenvalue weighted by Crippen LogP contribution is 2.25. The SMILES string of the molecule is COc1ccc(C)cc1NC(=O)c1ccnc(Nc2ccc(NC(C)=O)cc2)n1. The fraction of sp³-hybridized carbons (Fsp3) is 0.143. The summed E-state index contributed by atoms with van der Waals surface area (Å²) in [6, 6.07) is 14.1. The Morgan fingerprint density at radius 2 is 1.69 bits per heavy atom. The number of methoxy groups -OCH3 is 1. The molecule has 0 aliphatic carbocycles. The maximum absolute atomic E-state index is 12.6. The van der Waals surface area contributed by atoms with Crippen LogP contribution in [-0.4, -0.2) is 28.9 Å². The molecule has 2 amide bonds. The number of benzene rings is 2. The van der Waals surface area contributed by atoms with Crippen LogP contribution in [0.25, 0.3) is 0 Å². The first-order chi connectivity index (χ1) is 13.9. The predicted octanol–water partition coefficient (Wildman–Crippen LogP) is 3.75. The fourth-order valence-electron chi connectivity index (χ4n) is 2.62. The molecular weight excluding hydrogens is 370 g/mol. The number of aromatic nitrogens is 2. The van der Waals surface area contributed by atoms with E-state index >= 15 is 0 Å². The number of hydrogen-bond acceptors (Lipinski definition) is 6. The number of rotatable bonds is 6. The third-order valence-electron chi connectivity index (χ3n) is 3.95. The molecule has 3 N–H and O–H groups in total. The van der Waals surface area contributed by atoms with Crippen LogP contribution < -0.4 is 20.7 Å². The van der Waals surface area contributed by atoms with Gasteiger partial charge in [-0.2, -0.15) is 0 Å². The van der Waals surface area contributed by atoms with E-state index in [0.717, 1.165) is 11.3 Å². The molecule has 0 atom stereocenters. The highest BCUT2D eigenvalue weighted by atomic mass is 16.5. The van der Waals surface area contributed by atoms with Crippen LogP contribution in [-0.2, 0) is 4.79 Å². The van der Waals surface area contributed by atoms with E-state index in [1.807, 2.05) is 19.1 Å². The molecule has 0 bridgehead atoms. The van der Waals surface area contributed by atoms with E-state index in [4.69, 9.17) is 4.74 Å². The molecule has 0 aliphatic rings. The molecule has 0 spiro atoms. The van der Waals surface area contributed by atoms with Crippen LogP contribution in [0.4, 0.5) is 23.0 Å². The number of hydrogen-bond donors (Lipinski definition) is 3. The van der Waals surface area contributed by atoms with Crippen LogP contribution in [0.5, 0.6) is 5.75 Å². The molecule has 2 aromatic carbocycles. The van der Waals surface area contributed by atoms with Crippen LogP contribution in [0, 0.1) is 6.92 Å². The van der Waals surface area contributed by atoms with Crippen molar-refractivity contribution in [1.82, 2.24) is 9.97 Å². The number of ether oxygens (including phenoxy) is 1. The molecule has 8 nitrogen and oxygen atoms in total. The normalized spacial score (nSPS) is 10.2. The highest BCUT2D eigenvalue weighted by molar-refractivity contribution is 6.03. The van der Waals surface area contributed by atoms with Gasteiger partial charge in [0.2, 0.25) is 11.9 Å². The summed E-state index contributed by atoms with van der Waals surface area (Å²) in [5.74, 6) is 0.329. The van der Waals surface area contributed by atoms with E-state index in [-0.39, 0.29) is 23.5 Å². The van der Waals surface area contributed by atoms with Crippen molar-refractivity contribution in [3.05, 3.63) is 66.0 Å². The van der Waals surface area contributed by atoms with Gasteiger partial charge in [-0.25, -0.2) is 9.97 Å². The maximum Gasteiger partial charge on any atom is 0.274 e. The number of anilines is 4. The molecule has 3 aromatic rings. The lowest BCUT2D eigenvalue weighted by Crippen LogP contribution is -2.15. The Morgan fingerprint density at radius 3 is 2.38 bits per heavy atom. The van der Waals surface area contributed by atoms with E-state index in [0.29, 0.717) is 17.1 Å². The fourth-order valence-corrected chi connectivity index (χ4v) is 2.62. The van der Waals surface area contributed by atoms with Gasteiger partial charge in [-0.15, -0.1) is 0 Å². The van der Waals surface area contributed by atoms with E-state index in [2.05, 4.69) is 25.9 Å². The zero-order chi connectivity index (χ0) is 20.8. The summed E-state index contributed by atoms with van der Waals surface area (Å²) in [7, 11) is 1.55. The Kier molecular flexibility index (Phi) is 6.03. The van der Waals surface area contributed by atoms with Gasteiger partial charge in [0.25, 0.3) is 5.91 Å². The second-order valence-electron chi connectivity index (χ2n) is 6.31. The lowest BCUT2D eigenvalue weighted by Gasteiger charge is -2.11. The van der Waals surface area contributed by atoms with Gasteiger partial charge in [-0.3, -0.25) is 9.59 Å². The van der Waals surface area contributed by atoms with Gasteiger partial charge in [0, 0.05) is 24.5 Å². The monoisotopic (exact) mass is 391 g/mol. The second-order valence-corrected chi connectivity index (χ2v) is 6.31. The minimum Gasteiger partial charge on any atom is -0.495 e. The van der Waals surface area contributed by atoms with Gasteiger partial charge in [-0.05, 0) is 55.0 Å². The van der Waals surface area contributed by atoms with Crippen LogP contribution in [0.1, 0.15) is 23.0 Å². The summed E-state index contributed by atoms with van der Waals surface area (Å²) in [6.45, 7) is 3.38. The number of nitrogens with one attached hydrogen (secondary N) is 3. The summed E-state index contributed by atoms with van der Waals surface area (Å²) in [5.41, 5.74) is 3.18. The van der Waals surface area contributed by atoms with Gasteiger partial charge in [0.1, 0.15) is 11.4 Å². The van der Waals surface area contributed by atoms with Crippen LogP contribution in [0.15, 0.2) is 54.7 Å². The van der Waals surface area contributed by atoms with Crippen molar-refractivity contribution in [3.63, 3.8) is 0 Å². The summed E-state index contributed by atoms with van der Waals surface area (Å²) < 4.78 is 5.29. The number of aryl methyl sites for hydroxylation is 1. The molecule has 1 aromatic heterocycles. The molecule has 0 aliphatic heterocycles. The van der Waals surface area contributed by atoms with Crippen molar-refractivity contribution in [1.29, 1.82) is 0 Å². The van der Waals surface area contributed by atoms with Gasteiger partial charge in [-0.1, -0.05) is 6.07 Å². The summed E-state index contributed by atoms with van der Waals surface area (Å²) >= 11 is 0. The van der Waals surface area contributed by atoms with Crippen LogP contribution in [0.3, 0.4) is 0 Å². The van der Waals surface area contributed by atoms with Crippen molar-refractivity contribution < 1.29 is 14.3 Å². The Hall–Kier alpha value is -3.94. The van der Waals surface area contributed by atoms with Crippen molar-refractivity contribution in [3.8, 4) is 5.75 Å². The van der Waals surface area contributed by atoms with Gasteiger partial charge >= 0.3 is 0 Å². The van der Waals surface area contributed by atoms with Gasteiger partial charge < -0.3 is 20.7 Å². The van der Waals surface area contributed by atoms with E-state index in [9.17, 15) is 9.59 Å². The molecule has 1 heterocycles. The van der Waals surface area contributed by atoms with Crippen molar-refractivity contribution in [2.24, 2.45) is 0 Å².